The Morgan fingerprint density at radius 2 is 1.85 bits per heavy atom. The van der Waals surface area contributed by atoms with Gasteiger partial charge in [-0.2, -0.15) is 4.31 Å². The van der Waals surface area contributed by atoms with Gasteiger partial charge in [0.25, 0.3) is 5.91 Å². The zero-order valence-electron chi connectivity index (χ0n) is 15.5. The van der Waals surface area contributed by atoms with Gasteiger partial charge >= 0.3 is 0 Å². The monoisotopic (exact) mass is 417 g/mol. The van der Waals surface area contributed by atoms with Crippen molar-refractivity contribution in [3.63, 3.8) is 0 Å². The molecule has 0 bridgehead atoms. The van der Waals surface area contributed by atoms with Crippen molar-refractivity contribution < 1.29 is 22.7 Å². The van der Waals surface area contributed by atoms with Gasteiger partial charge in [0.2, 0.25) is 15.9 Å². The number of amides is 2. The van der Waals surface area contributed by atoms with E-state index in [0.717, 1.165) is 0 Å². The Balaban J connectivity index is 2.14. The van der Waals surface area contributed by atoms with Gasteiger partial charge in [0, 0.05) is 18.6 Å². The number of hydrogen-bond donors (Lipinski definition) is 2. The molecule has 1 aliphatic rings. The number of morpholine rings is 1. The molecule has 0 atom stereocenters. The SMILES string of the molecule is CC(C)(C)NC(=O)CNC(=O)c1cc(S(=O)(=O)N2CCOCC2)ccc1Cl. The molecule has 150 valence electrons. The van der Waals surface area contributed by atoms with E-state index < -0.39 is 21.5 Å². The van der Waals surface area contributed by atoms with E-state index in [1.54, 1.807) is 0 Å². The summed E-state index contributed by atoms with van der Waals surface area (Å²) in [5.41, 5.74) is -0.430. The molecule has 1 fully saturated rings. The van der Waals surface area contributed by atoms with E-state index in [2.05, 4.69) is 10.6 Å². The zero-order chi connectivity index (χ0) is 20.2. The first-order valence-corrected chi connectivity index (χ1v) is 10.3. The maximum Gasteiger partial charge on any atom is 0.253 e. The molecule has 0 aromatic heterocycles. The summed E-state index contributed by atoms with van der Waals surface area (Å²) < 4.78 is 31.9. The molecule has 0 saturated carbocycles. The van der Waals surface area contributed by atoms with Crippen molar-refractivity contribution in [1.29, 1.82) is 0 Å². The summed E-state index contributed by atoms with van der Waals surface area (Å²) in [6, 6.07) is 3.94. The Labute approximate surface area is 164 Å². The zero-order valence-corrected chi connectivity index (χ0v) is 17.1. The van der Waals surface area contributed by atoms with E-state index in [1.807, 2.05) is 20.8 Å². The van der Waals surface area contributed by atoms with Crippen molar-refractivity contribution in [2.24, 2.45) is 0 Å². The van der Waals surface area contributed by atoms with Crippen molar-refractivity contribution in [2.45, 2.75) is 31.2 Å². The molecule has 10 heteroatoms. The van der Waals surface area contributed by atoms with Crippen LogP contribution in [0.1, 0.15) is 31.1 Å². The molecule has 0 spiro atoms. The first-order valence-electron chi connectivity index (χ1n) is 8.47. The van der Waals surface area contributed by atoms with Crippen molar-refractivity contribution in [3.05, 3.63) is 28.8 Å². The second-order valence-corrected chi connectivity index (χ2v) is 9.48. The van der Waals surface area contributed by atoms with Gasteiger partial charge in [0.05, 0.1) is 35.2 Å². The second kappa shape index (κ2) is 8.55. The van der Waals surface area contributed by atoms with Gasteiger partial charge in [-0.1, -0.05) is 11.6 Å². The highest BCUT2D eigenvalue weighted by molar-refractivity contribution is 7.89. The fourth-order valence-corrected chi connectivity index (χ4v) is 4.13. The number of ether oxygens (including phenoxy) is 1. The van der Waals surface area contributed by atoms with Crippen LogP contribution in [0.5, 0.6) is 0 Å². The number of carbonyl (C=O) groups is 2. The third-order valence-electron chi connectivity index (χ3n) is 3.71. The lowest BCUT2D eigenvalue weighted by Gasteiger charge is -2.26. The largest absolute Gasteiger partial charge is 0.379 e. The number of halogens is 1. The molecule has 2 rings (SSSR count). The molecule has 1 aromatic rings. The van der Waals surface area contributed by atoms with Crippen LogP contribution in [0.25, 0.3) is 0 Å². The summed E-state index contributed by atoms with van der Waals surface area (Å²) in [5.74, 6) is -0.979. The lowest BCUT2D eigenvalue weighted by atomic mass is 10.1. The molecular formula is C17H24ClN3O5S. The third kappa shape index (κ3) is 5.90. The van der Waals surface area contributed by atoms with E-state index >= 15 is 0 Å². The highest BCUT2D eigenvalue weighted by atomic mass is 35.5. The van der Waals surface area contributed by atoms with Gasteiger partial charge in [0.15, 0.2) is 0 Å². The van der Waals surface area contributed by atoms with E-state index in [0.29, 0.717) is 13.2 Å². The van der Waals surface area contributed by atoms with Crippen LogP contribution < -0.4 is 10.6 Å². The Hall–Kier alpha value is -1.68. The molecule has 0 unspecified atom stereocenters. The number of carbonyl (C=O) groups excluding carboxylic acids is 2. The molecule has 1 saturated heterocycles. The van der Waals surface area contributed by atoms with Crippen LogP contribution in [-0.4, -0.2) is 62.9 Å². The first kappa shape index (κ1) is 21.6. The topological polar surface area (TPSA) is 105 Å². The minimum atomic E-state index is -3.75. The van der Waals surface area contributed by atoms with E-state index in [4.69, 9.17) is 16.3 Å². The molecule has 1 heterocycles. The number of nitrogens with zero attached hydrogens (tertiary/aromatic N) is 1. The van der Waals surface area contributed by atoms with E-state index in [9.17, 15) is 18.0 Å². The number of benzene rings is 1. The molecule has 0 aliphatic carbocycles. The van der Waals surface area contributed by atoms with Gasteiger partial charge in [-0.05, 0) is 39.0 Å². The predicted molar refractivity (Wildman–Crippen MR) is 101 cm³/mol. The first-order chi connectivity index (χ1) is 12.5. The lowest BCUT2D eigenvalue weighted by molar-refractivity contribution is -0.121. The van der Waals surface area contributed by atoms with Crippen LogP contribution in [0.3, 0.4) is 0 Å². The maximum atomic E-state index is 12.7. The van der Waals surface area contributed by atoms with Crippen molar-refractivity contribution >= 4 is 33.4 Å². The average molecular weight is 418 g/mol. The maximum absolute atomic E-state index is 12.7. The predicted octanol–water partition coefficient (Wildman–Crippen LogP) is 1.01. The normalized spacial score (nSPS) is 16.0. The van der Waals surface area contributed by atoms with Crippen LogP contribution in [0.2, 0.25) is 5.02 Å². The Morgan fingerprint density at radius 3 is 2.44 bits per heavy atom. The van der Waals surface area contributed by atoms with E-state index in [1.165, 1.54) is 22.5 Å². The van der Waals surface area contributed by atoms with Gasteiger partial charge in [-0.3, -0.25) is 9.59 Å². The van der Waals surface area contributed by atoms with E-state index in [-0.39, 0.29) is 41.0 Å². The molecule has 8 nitrogen and oxygen atoms in total. The lowest BCUT2D eigenvalue weighted by Crippen LogP contribution is -2.45. The highest BCUT2D eigenvalue weighted by Crippen LogP contribution is 2.23. The van der Waals surface area contributed by atoms with Crippen LogP contribution in [-0.2, 0) is 19.6 Å². The minimum Gasteiger partial charge on any atom is -0.379 e. The summed E-state index contributed by atoms with van der Waals surface area (Å²) in [6.45, 7) is 6.37. The molecule has 1 aliphatic heterocycles. The third-order valence-corrected chi connectivity index (χ3v) is 5.94. The summed E-state index contributed by atoms with van der Waals surface area (Å²) in [4.78, 5) is 24.2. The smallest absolute Gasteiger partial charge is 0.253 e. The Morgan fingerprint density at radius 1 is 1.22 bits per heavy atom. The number of sulfonamides is 1. The van der Waals surface area contributed by atoms with Gasteiger partial charge in [0.1, 0.15) is 0 Å². The van der Waals surface area contributed by atoms with Crippen LogP contribution in [0.4, 0.5) is 0 Å². The number of rotatable bonds is 5. The Kier molecular flexibility index (Phi) is 6.85. The fourth-order valence-electron chi connectivity index (χ4n) is 2.49. The molecule has 2 amide bonds. The fraction of sp³-hybridized carbons (Fsp3) is 0.529. The minimum absolute atomic E-state index is 0.00504. The standard InChI is InChI=1S/C17H24ClN3O5S/c1-17(2,3)20-15(22)11-19-16(23)13-10-12(4-5-14(13)18)27(24,25)21-6-8-26-9-7-21/h4-5,10H,6-9,11H2,1-3H3,(H,19,23)(H,20,22). The Bertz CT molecular complexity index is 814. The van der Waals surface area contributed by atoms with Gasteiger partial charge in [-0.15, -0.1) is 0 Å². The van der Waals surface area contributed by atoms with Gasteiger partial charge < -0.3 is 15.4 Å². The molecule has 2 N–H and O–H groups in total. The number of nitrogens with one attached hydrogen (secondary N) is 2. The van der Waals surface area contributed by atoms with Crippen LogP contribution in [0.15, 0.2) is 23.1 Å². The highest BCUT2D eigenvalue weighted by Gasteiger charge is 2.27. The summed E-state index contributed by atoms with van der Waals surface area (Å²) in [5, 5.41) is 5.28. The molecule has 0 radical (unpaired) electrons. The average Bonchev–Trinajstić information content (AvgIpc) is 2.59. The van der Waals surface area contributed by atoms with Crippen LogP contribution >= 0.6 is 11.6 Å². The quantitative estimate of drug-likeness (QED) is 0.743. The van der Waals surface area contributed by atoms with Crippen molar-refractivity contribution in [3.8, 4) is 0 Å². The molecular weight excluding hydrogens is 394 g/mol. The molecule has 1 aromatic carbocycles. The summed E-state index contributed by atoms with van der Waals surface area (Å²) in [7, 11) is -3.75. The summed E-state index contributed by atoms with van der Waals surface area (Å²) in [6.07, 6.45) is 0. The second-order valence-electron chi connectivity index (χ2n) is 7.14. The van der Waals surface area contributed by atoms with Crippen molar-refractivity contribution in [2.75, 3.05) is 32.8 Å². The van der Waals surface area contributed by atoms with Crippen LogP contribution in [0, 0.1) is 0 Å². The summed E-state index contributed by atoms with van der Waals surface area (Å²) >= 11 is 6.06. The van der Waals surface area contributed by atoms with Crippen molar-refractivity contribution in [1.82, 2.24) is 14.9 Å². The molecule has 27 heavy (non-hydrogen) atoms. The number of hydrogen-bond acceptors (Lipinski definition) is 5. The van der Waals surface area contributed by atoms with Gasteiger partial charge in [-0.25, -0.2) is 8.42 Å².